The Balaban J connectivity index is 1.64. The highest BCUT2D eigenvalue weighted by Gasteiger charge is 2.36. The number of carbonyl (C=O) groups excluding carboxylic acids is 1. The zero-order valence-corrected chi connectivity index (χ0v) is 13.5. The monoisotopic (exact) mass is 327 g/mol. The highest BCUT2D eigenvalue weighted by Crippen LogP contribution is 2.19. The molecule has 2 unspecified atom stereocenters. The third-order valence-corrected chi connectivity index (χ3v) is 4.05. The summed E-state index contributed by atoms with van der Waals surface area (Å²) < 4.78 is 1.57. The molecule has 0 aliphatic carbocycles. The molecule has 8 nitrogen and oxygen atoms in total. The molecule has 2 heterocycles. The molecular formula is C16H21N7O. The van der Waals surface area contributed by atoms with Crippen LogP contribution in [0.15, 0.2) is 42.7 Å². The van der Waals surface area contributed by atoms with Crippen molar-refractivity contribution in [3.63, 3.8) is 0 Å². The molecule has 1 fully saturated rings. The highest BCUT2D eigenvalue weighted by molar-refractivity contribution is 5.80. The van der Waals surface area contributed by atoms with E-state index in [0.29, 0.717) is 19.6 Å². The van der Waals surface area contributed by atoms with Crippen LogP contribution in [0.2, 0.25) is 0 Å². The van der Waals surface area contributed by atoms with Crippen LogP contribution in [-0.2, 0) is 4.79 Å². The van der Waals surface area contributed by atoms with Gasteiger partial charge in [-0.05, 0) is 22.9 Å². The van der Waals surface area contributed by atoms with Crippen molar-refractivity contribution < 1.29 is 4.79 Å². The van der Waals surface area contributed by atoms with Gasteiger partial charge in [-0.2, -0.15) is 0 Å². The summed E-state index contributed by atoms with van der Waals surface area (Å²) in [4.78, 5) is 14.7. The smallest absolute Gasteiger partial charge is 0.230 e. The molecule has 1 aliphatic rings. The van der Waals surface area contributed by atoms with Gasteiger partial charge in [-0.1, -0.05) is 42.5 Å². The number of tetrazole rings is 1. The SMILES string of the molecule is CCN(C/C=C/c1ccccc1)C(=O)C1CNNC1n1cnnn1. The Morgan fingerprint density at radius 1 is 1.42 bits per heavy atom. The number of amides is 1. The Kier molecular flexibility index (Phi) is 5.29. The summed E-state index contributed by atoms with van der Waals surface area (Å²) in [7, 11) is 0. The molecule has 0 spiro atoms. The summed E-state index contributed by atoms with van der Waals surface area (Å²) in [6.45, 7) is 3.75. The van der Waals surface area contributed by atoms with Crippen LogP contribution in [0, 0.1) is 5.92 Å². The Labute approximate surface area is 140 Å². The first-order chi connectivity index (χ1) is 11.8. The fraction of sp³-hybridized carbons (Fsp3) is 0.375. The van der Waals surface area contributed by atoms with E-state index in [1.807, 2.05) is 54.3 Å². The van der Waals surface area contributed by atoms with Crippen molar-refractivity contribution in [2.75, 3.05) is 19.6 Å². The van der Waals surface area contributed by atoms with E-state index in [1.165, 1.54) is 6.33 Å². The van der Waals surface area contributed by atoms with Crippen LogP contribution in [0.4, 0.5) is 0 Å². The standard InChI is InChI=1S/C16H21N7O/c1-2-22(10-6-9-13-7-4-3-5-8-13)16(24)14-11-17-19-15(14)23-12-18-20-21-23/h3-9,12,14-15,17,19H,2,10-11H2,1H3/b9-6+. The minimum Gasteiger partial charge on any atom is -0.339 e. The predicted molar refractivity (Wildman–Crippen MR) is 89.2 cm³/mol. The van der Waals surface area contributed by atoms with Crippen molar-refractivity contribution in [2.45, 2.75) is 13.1 Å². The molecule has 8 heteroatoms. The van der Waals surface area contributed by atoms with Crippen molar-refractivity contribution in [3.05, 3.63) is 48.3 Å². The van der Waals surface area contributed by atoms with E-state index in [4.69, 9.17) is 0 Å². The molecule has 2 atom stereocenters. The molecule has 1 saturated heterocycles. The van der Waals surface area contributed by atoms with E-state index >= 15 is 0 Å². The van der Waals surface area contributed by atoms with E-state index in [0.717, 1.165) is 5.56 Å². The molecular weight excluding hydrogens is 306 g/mol. The van der Waals surface area contributed by atoms with Gasteiger partial charge in [0.05, 0.1) is 5.92 Å². The van der Waals surface area contributed by atoms with Crippen molar-refractivity contribution in [3.8, 4) is 0 Å². The Morgan fingerprint density at radius 3 is 2.96 bits per heavy atom. The van der Waals surface area contributed by atoms with E-state index in [1.54, 1.807) is 4.68 Å². The third kappa shape index (κ3) is 3.66. The van der Waals surface area contributed by atoms with E-state index in [2.05, 4.69) is 26.4 Å². The van der Waals surface area contributed by atoms with Gasteiger partial charge >= 0.3 is 0 Å². The second-order valence-corrected chi connectivity index (χ2v) is 5.56. The summed E-state index contributed by atoms with van der Waals surface area (Å²) in [5, 5.41) is 11.2. The third-order valence-electron chi connectivity index (χ3n) is 4.05. The van der Waals surface area contributed by atoms with Gasteiger partial charge in [0.25, 0.3) is 0 Å². The summed E-state index contributed by atoms with van der Waals surface area (Å²) in [6, 6.07) is 10.0. The fourth-order valence-electron chi connectivity index (χ4n) is 2.74. The van der Waals surface area contributed by atoms with Crippen molar-refractivity contribution in [2.24, 2.45) is 5.92 Å². The number of rotatable bonds is 6. The largest absolute Gasteiger partial charge is 0.339 e. The lowest BCUT2D eigenvalue weighted by Crippen LogP contribution is -2.40. The maximum atomic E-state index is 12.9. The van der Waals surface area contributed by atoms with E-state index in [-0.39, 0.29) is 18.0 Å². The Hall–Kier alpha value is -2.58. The number of hydrogen-bond donors (Lipinski definition) is 2. The average molecular weight is 327 g/mol. The van der Waals surface area contributed by atoms with Crippen LogP contribution in [0.25, 0.3) is 6.08 Å². The zero-order valence-electron chi connectivity index (χ0n) is 13.5. The highest BCUT2D eigenvalue weighted by atomic mass is 16.2. The molecule has 3 rings (SSSR count). The summed E-state index contributed by atoms with van der Waals surface area (Å²) >= 11 is 0. The van der Waals surface area contributed by atoms with Gasteiger partial charge in [0.15, 0.2) is 0 Å². The van der Waals surface area contributed by atoms with Crippen LogP contribution >= 0.6 is 0 Å². The van der Waals surface area contributed by atoms with Crippen molar-refractivity contribution in [1.82, 2.24) is 36.0 Å². The van der Waals surface area contributed by atoms with Gasteiger partial charge < -0.3 is 4.90 Å². The van der Waals surface area contributed by atoms with Gasteiger partial charge in [-0.25, -0.2) is 10.1 Å². The second-order valence-electron chi connectivity index (χ2n) is 5.56. The van der Waals surface area contributed by atoms with Gasteiger partial charge in [0.1, 0.15) is 12.5 Å². The van der Waals surface area contributed by atoms with Gasteiger partial charge in [0.2, 0.25) is 5.91 Å². The number of hydrazine groups is 1. The maximum Gasteiger partial charge on any atom is 0.230 e. The molecule has 2 aromatic rings. The molecule has 1 aromatic carbocycles. The first-order valence-electron chi connectivity index (χ1n) is 8.01. The zero-order chi connectivity index (χ0) is 16.8. The lowest BCUT2D eigenvalue weighted by molar-refractivity contribution is -0.135. The molecule has 1 aromatic heterocycles. The lowest BCUT2D eigenvalue weighted by Gasteiger charge is -2.25. The van der Waals surface area contributed by atoms with Crippen LogP contribution < -0.4 is 10.9 Å². The first-order valence-corrected chi connectivity index (χ1v) is 8.01. The van der Waals surface area contributed by atoms with Gasteiger partial charge in [0, 0.05) is 19.6 Å². The normalized spacial score (nSPS) is 20.5. The number of nitrogens with zero attached hydrogens (tertiary/aromatic N) is 5. The van der Waals surface area contributed by atoms with E-state index < -0.39 is 0 Å². The Morgan fingerprint density at radius 2 is 2.25 bits per heavy atom. The van der Waals surface area contributed by atoms with Gasteiger partial charge in [-0.15, -0.1) is 5.10 Å². The van der Waals surface area contributed by atoms with Crippen LogP contribution in [0.3, 0.4) is 0 Å². The molecule has 1 aliphatic heterocycles. The molecule has 126 valence electrons. The van der Waals surface area contributed by atoms with Gasteiger partial charge in [-0.3, -0.25) is 10.2 Å². The number of likely N-dealkylation sites (N-methyl/N-ethyl adjacent to an activating group) is 1. The number of carbonyl (C=O) groups is 1. The Bertz CT molecular complexity index is 671. The van der Waals surface area contributed by atoms with Crippen molar-refractivity contribution in [1.29, 1.82) is 0 Å². The fourth-order valence-corrected chi connectivity index (χ4v) is 2.74. The minimum absolute atomic E-state index is 0.0770. The maximum absolute atomic E-state index is 12.9. The molecule has 0 radical (unpaired) electrons. The van der Waals surface area contributed by atoms with E-state index in [9.17, 15) is 4.79 Å². The summed E-state index contributed by atoms with van der Waals surface area (Å²) in [6.07, 6.45) is 5.27. The first kappa shape index (κ1) is 16.3. The quantitative estimate of drug-likeness (QED) is 0.801. The number of benzene rings is 1. The number of aromatic nitrogens is 4. The van der Waals surface area contributed by atoms with Crippen molar-refractivity contribution >= 4 is 12.0 Å². The minimum atomic E-state index is -0.278. The predicted octanol–water partition coefficient (Wildman–Crippen LogP) is 0.458. The topological polar surface area (TPSA) is 88.0 Å². The number of hydrogen-bond acceptors (Lipinski definition) is 6. The molecule has 2 N–H and O–H groups in total. The molecule has 24 heavy (non-hydrogen) atoms. The molecule has 1 amide bonds. The number of nitrogens with one attached hydrogen (secondary N) is 2. The second kappa shape index (κ2) is 7.80. The molecule has 0 bridgehead atoms. The summed E-state index contributed by atoms with van der Waals surface area (Å²) in [5.74, 6) is -0.174. The molecule has 0 saturated carbocycles. The summed E-state index contributed by atoms with van der Waals surface area (Å²) in [5.41, 5.74) is 7.20. The van der Waals surface area contributed by atoms with Crippen LogP contribution in [-0.4, -0.2) is 50.6 Å². The lowest BCUT2D eigenvalue weighted by atomic mass is 10.1. The van der Waals surface area contributed by atoms with Crippen LogP contribution in [0.1, 0.15) is 18.7 Å². The van der Waals surface area contributed by atoms with Crippen LogP contribution in [0.5, 0.6) is 0 Å². The average Bonchev–Trinajstić information content (AvgIpc) is 3.30.